The van der Waals surface area contributed by atoms with Gasteiger partial charge < -0.3 is 9.52 Å². The number of hydrogen-bond donors (Lipinski definition) is 2. The Bertz CT molecular complexity index is 396. The molecule has 0 radical (unpaired) electrons. The van der Waals surface area contributed by atoms with Gasteiger partial charge in [-0.2, -0.15) is 0 Å². The molecule has 7 nitrogen and oxygen atoms in total. The van der Waals surface area contributed by atoms with E-state index in [4.69, 9.17) is 9.52 Å². The number of carboxylic acid groups (broad SMARTS) is 1. The second-order valence-corrected chi connectivity index (χ2v) is 3.09. The van der Waals surface area contributed by atoms with Crippen molar-refractivity contribution in [1.29, 1.82) is 0 Å². The smallest absolute Gasteiger partial charge is 0.434 e. The standard InChI is InChI=1S/C7H9N3O4/c11-6-9-8-5(14-6)4-2-1-3-10(4)7(12)13/h4H,1-3H2,(H,9,11)(H,12,13)/t4-/m0/s1. The van der Waals surface area contributed by atoms with E-state index < -0.39 is 17.9 Å². The van der Waals surface area contributed by atoms with Gasteiger partial charge in [0.15, 0.2) is 0 Å². The number of nitrogens with zero attached hydrogens (tertiary/aromatic N) is 2. The molecule has 0 unspecified atom stereocenters. The first kappa shape index (κ1) is 8.79. The highest BCUT2D eigenvalue weighted by Crippen LogP contribution is 2.29. The van der Waals surface area contributed by atoms with Crippen LogP contribution in [0.25, 0.3) is 0 Å². The van der Waals surface area contributed by atoms with Crippen LogP contribution >= 0.6 is 0 Å². The zero-order valence-corrected chi connectivity index (χ0v) is 7.27. The first-order valence-corrected chi connectivity index (χ1v) is 4.23. The SMILES string of the molecule is O=C(O)N1CCC[C@H]1c1n[nH]c(=O)o1. The van der Waals surface area contributed by atoms with Crippen LogP contribution in [0.2, 0.25) is 0 Å². The molecule has 1 atom stereocenters. The molecular formula is C7H9N3O4. The third-order valence-corrected chi connectivity index (χ3v) is 2.24. The normalized spacial score (nSPS) is 21.4. The molecule has 76 valence electrons. The molecule has 0 bridgehead atoms. The van der Waals surface area contributed by atoms with Gasteiger partial charge in [-0.25, -0.2) is 14.7 Å². The Labute approximate surface area is 78.3 Å². The van der Waals surface area contributed by atoms with Gasteiger partial charge in [-0.3, -0.25) is 4.90 Å². The highest BCUT2D eigenvalue weighted by molar-refractivity contribution is 5.65. The van der Waals surface area contributed by atoms with E-state index in [9.17, 15) is 9.59 Å². The zero-order chi connectivity index (χ0) is 10.1. The maximum Gasteiger partial charge on any atom is 0.434 e. The largest absolute Gasteiger partial charge is 0.465 e. The molecule has 1 amide bonds. The van der Waals surface area contributed by atoms with Gasteiger partial charge in [0.1, 0.15) is 6.04 Å². The summed E-state index contributed by atoms with van der Waals surface area (Å²) in [6.07, 6.45) is 0.381. The number of H-pyrrole nitrogens is 1. The predicted octanol–water partition coefficient (Wildman–Crippen LogP) is 0.178. The van der Waals surface area contributed by atoms with Crippen LogP contribution in [0.15, 0.2) is 9.21 Å². The summed E-state index contributed by atoms with van der Waals surface area (Å²) in [5.74, 6) is -0.507. The number of aromatic nitrogens is 2. The van der Waals surface area contributed by atoms with E-state index in [1.165, 1.54) is 4.90 Å². The van der Waals surface area contributed by atoms with E-state index in [1.807, 2.05) is 0 Å². The van der Waals surface area contributed by atoms with E-state index in [0.29, 0.717) is 13.0 Å². The van der Waals surface area contributed by atoms with Crippen molar-refractivity contribution in [3.05, 3.63) is 16.4 Å². The van der Waals surface area contributed by atoms with E-state index in [-0.39, 0.29) is 5.89 Å². The number of likely N-dealkylation sites (tertiary alicyclic amines) is 1. The minimum atomic E-state index is -1.02. The summed E-state index contributed by atoms with van der Waals surface area (Å²) in [6, 6.07) is -0.425. The van der Waals surface area contributed by atoms with Crippen molar-refractivity contribution in [2.75, 3.05) is 6.54 Å². The molecule has 2 rings (SSSR count). The zero-order valence-electron chi connectivity index (χ0n) is 7.27. The molecular weight excluding hydrogens is 190 g/mol. The lowest BCUT2D eigenvalue weighted by Crippen LogP contribution is -2.28. The van der Waals surface area contributed by atoms with Gasteiger partial charge in [0, 0.05) is 6.54 Å². The molecule has 0 spiro atoms. The fraction of sp³-hybridized carbons (Fsp3) is 0.571. The lowest BCUT2D eigenvalue weighted by molar-refractivity contribution is 0.133. The van der Waals surface area contributed by atoms with Crippen LogP contribution in [0, 0.1) is 0 Å². The molecule has 1 saturated heterocycles. The Kier molecular flexibility index (Phi) is 1.99. The van der Waals surface area contributed by atoms with Gasteiger partial charge in [-0.15, -0.1) is 5.10 Å². The fourth-order valence-corrected chi connectivity index (χ4v) is 1.64. The van der Waals surface area contributed by atoms with E-state index in [1.54, 1.807) is 0 Å². The summed E-state index contributed by atoms with van der Waals surface area (Å²) in [6.45, 7) is 0.455. The number of rotatable bonds is 1. The minimum Gasteiger partial charge on any atom is -0.465 e. The Hall–Kier alpha value is -1.79. The number of amides is 1. The van der Waals surface area contributed by atoms with Crippen molar-refractivity contribution >= 4 is 6.09 Å². The van der Waals surface area contributed by atoms with Crippen LogP contribution in [0.3, 0.4) is 0 Å². The van der Waals surface area contributed by atoms with E-state index in [2.05, 4.69) is 10.2 Å². The summed E-state index contributed by atoms with van der Waals surface area (Å²) in [5, 5.41) is 14.6. The molecule has 7 heteroatoms. The number of nitrogens with one attached hydrogen (secondary N) is 1. The number of carbonyl (C=O) groups is 1. The Morgan fingerprint density at radius 3 is 3.07 bits per heavy atom. The maximum absolute atomic E-state index is 10.8. The van der Waals surface area contributed by atoms with Crippen LogP contribution in [-0.2, 0) is 0 Å². The van der Waals surface area contributed by atoms with Crippen molar-refractivity contribution in [2.45, 2.75) is 18.9 Å². The van der Waals surface area contributed by atoms with Gasteiger partial charge in [0.05, 0.1) is 0 Å². The molecule has 14 heavy (non-hydrogen) atoms. The van der Waals surface area contributed by atoms with Gasteiger partial charge in [-0.1, -0.05) is 0 Å². The summed E-state index contributed by atoms with van der Waals surface area (Å²) in [5.41, 5.74) is 0. The number of hydrogen-bond acceptors (Lipinski definition) is 4. The quantitative estimate of drug-likeness (QED) is 0.671. The Morgan fingerprint density at radius 1 is 1.71 bits per heavy atom. The van der Waals surface area contributed by atoms with Crippen molar-refractivity contribution in [2.24, 2.45) is 0 Å². The average Bonchev–Trinajstić information content (AvgIpc) is 2.70. The molecule has 2 heterocycles. The highest BCUT2D eigenvalue weighted by atomic mass is 16.4. The lowest BCUT2D eigenvalue weighted by Gasteiger charge is -2.17. The molecule has 2 N–H and O–H groups in total. The van der Waals surface area contributed by atoms with Crippen LogP contribution in [0.4, 0.5) is 4.79 Å². The minimum absolute atomic E-state index is 0.148. The van der Waals surface area contributed by atoms with Crippen molar-refractivity contribution in [3.63, 3.8) is 0 Å². The summed E-state index contributed by atoms with van der Waals surface area (Å²) >= 11 is 0. The van der Waals surface area contributed by atoms with E-state index >= 15 is 0 Å². The molecule has 1 aromatic heterocycles. The van der Waals surface area contributed by atoms with Gasteiger partial charge in [0.25, 0.3) is 0 Å². The highest BCUT2D eigenvalue weighted by Gasteiger charge is 2.33. The second-order valence-electron chi connectivity index (χ2n) is 3.09. The predicted molar refractivity (Wildman–Crippen MR) is 43.8 cm³/mol. The first-order chi connectivity index (χ1) is 6.68. The average molecular weight is 199 g/mol. The van der Waals surface area contributed by atoms with Crippen molar-refractivity contribution in [3.8, 4) is 0 Å². The monoisotopic (exact) mass is 199 g/mol. The Morgan fingerprint density at radius 2 is 2.50 bits per heavy atom. The molecule has 1 aromatic rings. The summed E-state index contributed by atoms with van der Waals surface area (Å²) in [7, 11) is 0. The number of aromatic amines is 1. The van der Waals surface area contributed by atoms with Gasteiger partial charge in [0.2, 0.25) is 5.89 Å². The van der Waals surface area contributed by atoms with Gasteiger partial charge in [-0.05, 0) is 12.8 Å². The topological polar surface area (TPSA) is 99.4 Å². The molecule has 1 aliphatic heterocycles. The summed E-state index contributed by atoms with van der Waals surface area (Å²) in [4.78, 5) is 22.7. The Balaban J connectivity index is 2.25. The third-order valence-electron chi connectivity index (χ3n) is 2.24. The molecule has 1 aliphatic rings. The molecule has 0 aromatic carbocycles. The fourth-order valence-electron chi connectivity index (χ4n) is 1.64. The van der Waals surface area contributed by atoms with Crippen LogP contribution in [-0.4, -0.2) is 32.8 Å². The lowest BCUT2D eigenvalue weighted by atomic mass is 10.2. The molecule has 1 fully saturated rings. The third kappa shape index (κ3) is 1.36. The maximum atomic E-state index is 10.8. The van der Waals surface area contributed by atoms with Crippen molar-refractivity contribution < 1.29 is 14.3 Å². The van der Waals surface area contributed by atoms with Crippen LogP contribution in [0.1, 0.15) is 24.8 Å². The van der Waals surface area contributed by atoms with Crippen molar-refractivity contribution in [1.82, 2.24) is 15.1 Å². The van der Waals surface area contributed by atoms with E-state index in [0.717, 1.165) is 6.42 Å². The van der Waals surface area contributed by atoms with Crippen LogP contribution < -0.4 is 5.76 Å². The van der Waals surface area contributed by atoms with Gasteiger partial charge >= 0.3 is 11.8 Å². The molecule has 0 aliphatic carbocycles. The van der Waals surface area contributed by atoms with Crippen LogP contribution in [0.5, 0.6) is 0 Å². The first-order valence-electron chi connectivity index (χ1n) is 4.23. The summed E-state index contributed by atoms with van der Waals surface area (Å²) < 4.78 is 4.72. The second kappa shape index (κ2) is 3.17. The molecule has 0 saturated carbocycles.